The van der Waals surface area contributed by atoms with Crippen LogP contribution >= 0.6 is 8.53 Å². The minimum atomic E-state index is -5.04. The van der Waals surface area contributed by atoms with E-state index < -0.39 is 55.6 Å². The number of ether oxygens (including phenoxy) is 4. The highest BCUT2D eigenvalue weighted by Crippen LogP contribution is 2.51. The fourth-order valence-corrected chi connectivity index (χ4v) is 8.48. The van der Waals surface area contributed by atoms with E-state index in [2.05, 4.69) is 6.07 Å². The fourth-order valence-electron chi connectivity index (χ4n) is 6.72. The van der Waals surface area contributed by atoms with Crippen LogP contribution in [0.25, 0.3) is 0 Å². The number of hydrogen-bond acceptors (Lipinski definition) is 10. The number of nitrogens with zero attached hydrogens (tertiary/aromatic N) is 3. The Kier molecular flexibility index (Phi) is 14.1. The number of aromatic amines is 1. The third-order valence-electron chi connectivity index (χ3n) is 9.29. The Morgan fingerprint density at radius 2 is 1.46 bits per heavy atom. The van der Waals surface area contributed by atoms with Crippen molar-refractivity contribution in [3.05, 3.63) is 128 Å². The molecule has 1 aliphatic heterocycles. The van der Waals surface area contributed by atoms with Crippen LogP contribution in [0.3, 0.4) is 0 Å². The van der Waals surface area contributed by atoms with E-state index in [0.29, 0.717) is 17.7 Å². The van der Waals surface area contributed by atoms with Crippen LogP contribution < -0.4 is 20.7 Å². The minimum Gasteiger partial charge on any atom is -0.497 e. The Balaban J connectivity index is 1.63. The van der Waals surface area contributed by atoms with Crippen LogP contribution in [0.2, 0.25) is 0 Å². The molecule has 1 fully saturated rings. The highest BCUT2D eigenvalue weighted by molar-refractivity contribution is 7.44. The van der Waals surface area contributed by atoms with E-state index in [1.54, 1.807) is 19.2 Å². The Hall–Kier alpha value is -4.55. The minimum absolute atomic E-state index is 0.0662. The van der Waals surface area contributed by atoms with Gasteiger partial charge in [-0.2, -0.15) is 18.4 Å². The van der Waals surface area contributed by atoms with Crippen molar-refractivity contribution in [1.82, 2.24) is 14.2 Å². The van der Waals surface area contributed by atoms with Crippen LogP contribution in [0.15, 0.2) is 94.6 Å². The smallest absolute Gasteiger partial charge is 0.423 e. The van der Waals surface area contributed by atoms with Gasteiger partial charge in [-0.25, -0.2) is 9.46 Å². The van der Waals surface area contributed by atoms with Gasteiger partial charge in [-0.15, -0.1) is 0 Å². The van der Waals surface area contributed by atoms with E-state index in [1.165, 1.54) is 0 Å². The van der Waals surface area contributed by atoms with Gasteiger partial charge >= 0.3 is 11.9 Å². The van der Waals surface area contributed by atoms with E-state index in [1.807, 2.05) is 111 Å². The summed E-state index contributed by atoms with van der Waals surface area (Å²) >= 11 is 0. The molecule has 0 amide bonds. The lowest BCUT2D eigenvalue weighted by Crippen LogP contribution is -2.39. The van der Waals surface area contributed by atoms with Gasteiger partial charge in [-0.3, -0.25) is 14.3 Å². The fraction of sp³-hybridized carbons (Fsp3) is 0.425. The number of alkyl halides is 3. The van der Waals surface area contributed by atoms with Crippen molar-refractivity contribution in [2.24, 2.45) is 0 Å². The maximum Gasteiger partial charge on any atom is 0.423 e. The molecule has 56 heavy (non-hydrogen) atoms. The predicted octanol–water partition coefficient (Wildman–Crippen LogP) is 7.53. The molecule has 1 aromatic heterocycles. The van der Waals surface area contributed by atoms with Crippen LogP contribution in [0.5, 0.6) is 11.5 Å². The Bertz CT molecular complexity index is 1980. The molecule has 300 valence electrons. The zero-order chi connectivity index (χ0) is 40.6. The zero-order valence-corrected chi connectivity index (χ0v) is 32.9. The van der Waals surface area contributed by atoms with Crippen molar-refractivity contribution < 1.29 is 41.2 Å². The zero-order valence-electron chi connectivity index (χ0n) is 32.0. The molecule has 1 aliphatic rings. The standard InChI is InChI=1S/C40H46F3N4O8P/c1-26(2)47(27(3)4)56(53-22-10-21-44)55-34-23-36(46-24-33(40(41,42)43)37(48)45-38(46)49)54-35(34)25-52-39(28-11-8-7-9-12-28,29-13-17-31(50-5)18-14-29)30-15-19-32(51-6)20-16-30/h7-9,11-20,24,26-27,34-36H,10,22-23,25H2,1-6H3,(H,45,48,49). The molecule has 0 bridgehead atoms. The van der Waals surface area contributed by atoms with E-state index in [0.717, 1.165) is 21.3 Å². The molecule has 0 saturated carbocycles. The number of hydrogen-bond donors (Lipinski definition) is 1. The van der Waals surface area contributed by atoms with Crippen molar-refractivity contribution in [2.45, 2.75) is 82.8 Å². The van der Waals surface area contributed by atoms with Crippen LogP contribution in [-0.2, 0) is 30.3 Å². The van der Waals surface area contributed by atoms with Crippen LogP contribution in [0.4, 0.5) is 13.2 Å². The Morgan fingerprint density at radius 3 is 1.96 bits per heavy atom. The average Bonchev–Trinajstić information content (AvgIpc) is 3.57. The molecule has 12 nitrogen and oxygen atoms in total. The van der Waals surface area contributed by atoms with Gasteiger partial charge in [-0.1, -0.05) is 54.6 Å². The van der Waals surface area contributed by atoms with Crippen molar-refractivity contribution in [2.75, 3.05) is 27.4 Å². The lowest BCUT2D eigenvalue weighted by Gasteiger charge is -2.39. The largest absolute Gasteiger partial charge is 0.497 e. The molecule has 16 heteroatoms. The summed E-state index contributed by atoms with van der Waals surface area (Å²) in [4.78, 5) is 27.1. The first-order valence-electron chi connectivity index (χ1n) is 18.0. The van der Waals surface area contributed by atoms with E-state index in [9.17, 15) is 28.0 Å². The number of nitriles is 1. The molecular formula is C40H46F3N4O8P. The van der Waals surface area contributed by atoms with Crippen LogP contribution in [0.1, 0.15) is 69.0 Å². The Labute approximate surface area is 324 Å². The van der Waals surface area contributed by atoms with Crippen molar-refractivity contribution >= 4 is 8.53 Å². The molecule has 4 atom stereocenters. The molecule has 2 heterocycles. The topological polar surface area (TPSA) is 137 Å². The predicted molar refractivity (Wildman–Crippen MR) is 203 cm³/mol. The molecule has 0 radical (unpaired) electrons. The number of benzene rings is 3. The lowest BCUT2D eigenvalue weighted by molar-refractivity contribution is -0.139. The molecule has 1 N–H and O–H groups in total. The summed E-state index contributed by atoms with van der Waals surface area (Å²) in [5.41, 5.74) is -3.28. The summed E-state index contributed by atoms with van der Waals surface area (Å²) < 4.78 is 81.8. The average molecular weight is 799 g/mol. The summed E-state index contributed by atoms with van der Waals surface area (Å²) in [5, 5.41) is 9.27. The van der Waals surface area contributed by atoms with Gasteiger partial charge in [0.05, 0.1) is 46.0 Å². The molecule has 1 saturated heterocycles. The summed E-state index contributed by atoms with van der Waals surface area (Å²) in [7, 11) is 1.27. The second-order valence-electron chi connectivity index (χ2n) is 13.6. The van der Waals surface area contributed by atoms with Crippen LogP contribution in [-0.4, -0.2) is 65.9 Å². The molecule has 0 aliphatic carbocycles. The maximum absolute atomic E-state index is 13.9. The molecular weight excluding hydrogens is 752 g/mol. The molecule has 3 aromatic carbocycles. The highest BCUT2D eigenvalue weighted by Gasteiger charge is 2.46. The summed E-state index contributed by atoms with van der Waals surface area (Å²) in [6, 6.07) is 26.2. The number of methoxy groups -OCH3 is 2. The van der Waals surface area contributed by atoms with Gasteiger partial charge in [0.15, 0.2) is 0 Å². The van der Waals surface area contributed by atoms with Gasteiger partial charge < -0.3 is 28.0 Å². The number of nitrogens with one attached hydrogen (secondary N) is 1. The van der Waals surface area contributed by atoms with Gasteiger partial charge in [0.1, 0.15) is 35.0 Å². The number of rotatable bonds is 17. The second-order valence-corrected chi connectivity index (χ2v) is 15.0. The SMILES string of the molecule is COc1ccc(C(OCC2OC(n3cc(C(F)(F)F)c(=O)[nH]c3=O)CC2OP(OCCC#N)N(C(C)C)C(C)C)(c2ccccc2)c2ccc(OC)cc2)cc1. The monoisotopic (exact) mass is 798 g/mol. The third kappa shape index (κ3) is 9.52. The normalized spacial score (nSPS) is 18.0. The molecule has 0 spiro atoms. The number of H-pyrrole nitrogens is 1. The first-order valence-corrected chi connectivity index (χ1v) is 19.2. The number of halogens is 3. The third-order valence-corrected chi connectivity index (χ3v) is 11.4. The van der Waals surface area contributed by atoms with Crippen LogP contribution in [0, 0.1) is 11.3 Å². The van der Waals surface area contributed by atoms with E-state index in [4.69, 9.17) is 28.0 Å². The van der Waals surface area contributed by atoms with Crippen molar-refractivity contribution in [3.63, 3.8) is 0 Å². The van der Waals surface area contributed by atoms with Gasteiger partial charge in [-0.05, 0) is 68.7 Å². The second kappa shape index (κ2) is 18.6. The van der Waals surface area contributed by atoms with Gasteiger partial charge in [0.2, 0.25) is 0 Å². The van der Waals surface area contributed by atoms with Crippen molar-refractivity contribution in [3.8, 4) is 17.6 Å². The lowest BCUT2D eigenvalue weighted by atomic mass is 9.80. The van der Waals surface area contributed by atoms with Gasteiger partial charge in [0, 0.05) is 24.7 Å². The summed E-state index contributed by atoms with van der Waals surface area (Å²) in [5.74, 6) is 1.24. The maximum atomic E-state index is 13.9. The first kappa shape index (κ1) is 42.6. The van der Waals surface area contributed by atoms with E-state index >= 15 is 0 Å². The van der Waals surface area contributed by atoms with Gasteiger partial charge in [0.25, 0.3) is 14.1 Å². The molecule has 4 unspecified atom stereocenters. The van der Waals surface area contributed by atoms with E-state index in [-0.39, 0.29) is 38.1 Å². The first-order chi connectivity index (χ1) is 26.7. The molecule has 5 rings (SSSR count). The Morgan fingerprint density at radius 1 is 0.911 bits per heavy atom. The summed E-state index contributed by atoms with van der Waals surface area (Å²) in [6.45, 7) is 7.75. The van der Waals surface area contributed by atoms with Crippen molar-refractivity contribution in [1.29, 1.82) is 5.26 Å². The number of aromatic nitrogens is 2. The molecule has 4 aromatic rings. The quantitative estimate of drug-likeness (QED) is 0.0649. The summed E-state index contributed by atoms with van der Waals surface area (Å²) in [6.07, 6.45) is -7.76. The highest BCUT2D eigenvalue weighted by atomic mass is 31.2.